The smallest absolute Gasteiger partial charge is 0.125 e. The first-order valence-electron chi connectivity index (χ1n) is 7.68. The van der Waals surface area contributed by atoms with Crippen LogP contribution >= 0.6 is 0 Å². The second-order valence-electron chi connectivity index (χ2n) is 5.45. The second kappa shape index (κ2) is 6.16. The Morgan fingerprint density at radius 3 is 2.68 bits per heavy atom. The molecule has 1 aromatic carbocycles. The minimum atomic E-state index is -0.319. The highest BCUT2D eigenvalue weighted by atomic mass is 19.1. The van der Waals surface area contributed by atoms with E-state index in [1.807, 2.05) is 30.5 Å². The number of pyridine rings is 1. The lowest BCUT2D eigenvalue weighted by Crippen LogP contribution is -2.21. The van der Waals surface area contributed by atoms with Gasteiger partial charge in [-0.3, -0.25) is 4.98 Å². The second-order valence-corrected chi connectivity index (χ2v) is 5.45. The number of benzene rings is 1. The topological polar surface area (TPSA) is 46.3 Å². The van der Waals surface area contributed by atoms with Crippen molar-refractivity contribution in [3.8, 4) is 5.69 Å². The lowest BCUT2D eigenvalue weighted by Gasteiger charge is -2.21. The van der Waals surface area contributed by atoms with Crippen molar-refractivity contribution in [1.82, 2.24) is 14.8 Å². The first kappa shape index (κ1) is 15.0. The van der Waals surface area contributed by atoms with Crippen LogP contribution in [-0.2, 0) is 0 Å². The number of anilines is 1. The van der Waals surface area contributed by atoms with E-state index in [-0.39, 0.29) is 5.82 Å². The van der Waals surface area contributed by atoms with Crippen LogP contribution in [0.4, 0.5) is 10.1 Å². The molecule has 0 spiro atoms. The van der Waals surface area contributed by atoms with Crippen LogP contribution in [0.2, 0.25) is 0 Å². The van der Waals surface area contributed by atoms with Gasteiger partial charge in [-0.05, 0) is 48.0 Å². The number of hydrogen-bond acceptors (Lipinski definition) is 4. The van der Waals surface area contributed by atoms with Gasteiger partial charge in [0.1, 0.15) is 11.5 Å². The molecule has 0 saturated carbocycles. The minimum absolute atomic E-state index is 0.319. The van der Waals surface area contributed by atoms with Crippen molar-refractivity contribution >= 4 is 11.4 Å². The minimum Gasteiger partial charge on any atom is -0.262 e. The highest BCUT2D eigenvalue weighted by Gasteiger charge is 2.18. The van der Waals surface area contributed by atoms with Gasteiger partial charge in [0.05, 0.1) is 29.5 Å². The summed E-state index contributed by atoms with van der Waals surface area (Å²) in [6, 6.07) is 11.9. The number of hydrogen-bond donors (Lipinski definition) is 0. The van der Waals surface area contributed by atoms with Gasteiger partial charge in [-0.1, -0.05) is 12.6 Å². The van der Waals surface area contributed by atoms with Gasteiger partial charge < -0.3 is 0 Å². The fourth-order valence-corrected chi connectivity index (χ4v) is 2.59. The SMILES string of the molecule is C=C1C=CN(c2cccnc2)N=C1c1ccnn1-c1cccc(F)c1. The molecule has 0 aliphatic carbocycles. The summed E-state index contributed by atoms with van der Waals surface area (Å²) < 4.78 is 15.2. The number of aromatic nitrogens is 3. The van der Waals surface area contributed by atoms with Crippen LogP contribution in [0.1, 0.15) is 5.69 Å². The number of hydrazone groups is 1. The van der Waals surface area contributed by atoms with E-state index in [2.05, 4.69) is 21.8 Å². The summed E-state index contributed by atoms with van der Waals surface area (Å²) in [4.78, 5) is 4.12. The van der Waals surface area contributed by atoms with E-state index in [1.165, 1.54) is 12.1 Å². The maximum absolute atomic E-state index is 13.6. The maximum Gasteiger partial charge on any atom is 0.125 e. The average molecular weight is 331 g/mol. The summed E-state index contributed by atoms with van der Waals surface area (Å²) >= 11 is 0. The van der Waals surface area contributed by atoms with Crippen LogP contribution < -0.4 is 5.01 Å². The zero-order valence-electron chi connectivity index (χ0n) is 13.2. The molecule has 25 heavy (non-hydrogen) atoms. The summed E-state index contributed by atoms with van der Waals surface area (Å²) in [5, 5.41) is 10.7. The molecule has 2 aromatic heterocycles. The van der Waals surface area contributed by atoms with E-state index in [4.69, 9.17) is 0 Å². The molecule has 122 valence electrons. The molecule has 0 fully saturated rings. The van der Waals surface area contributed by atoms with Crippen LogP contribution in [0.5, 0.6) is 0 Å². The van der Waals surface area contributed by atoms with Crippen LogP contribution in [-0.4, -0.2) is 20.5 Å². The van der Waals surface area contributed by atoms with Crippen LogP contribution in [0, 0.1) is 5.82 Å². The predicted molar refractivity (Wildman–Crippen MR) is 95.1 cm³/mol. The van der Waals surface area contributed by atoms with Crippen molar-refractivity contribution < 1.29 is 4.39 Å². The van der Waals surface area contributed by atoms with Gasteiger partial charge in [-0.2, -0.15) is 10.2 Å². The molecule has 4 rings (SSSR count). The third-order valence-corrected chi connectivity index (χ3v) is 3.78. The lowest BCUT2D eigenvalue weighted by atomic mass is 10.1. The molecule has 0 amide bonds. The molecule has 0 N–H and O–H groups in total. The summed E-state index contributed by atoms with van der Waals surface area (Å²) in [6.45, 7) is 4.06. The number of nitrogens with zero attached hydrogens (tertiary/aromatic N) is 5. The van der Waals surface area contributed by atoms with Crippen molar-refractivity contribution in [1.29, 1.82) is 0 Å². The van der Waals surface area contributed by atoms with Crippen molar-refractivity contribution in [2.75, 3.05) is 5.01 Å². The molecule has 0 atom stereocenters. The number of rotatable bonds is 3. The molecule has 3 heterocycles. The molecule has 0 radical (unpaired) electrons. The van der Waals surface area contributed by atoms with Crippen molar-refractivity contribution in [2.45, 2.75) is 0 Å². The van der Waals surface area contributed by atoms with Gasteiger partial charge in [-0.25, -0.2) is 14.1 Å². The Kier molecular flexibility index (Phi) is 3.70. The fraction of sp³-hybridized carbons (Fsp3) is 0. The fourth-order valence-electron chi connectivity index (χ4n) is 2.59. The van der Waals surface area contributed by atoms with Gasteiger partial charge in [0.2, 0.25) is 0 Å². The van der Waals surface area contributed by atoms with E-state index < -0.39 is 0 Å². The molecule has 1 aliphatic rings. The molecule has 5 nitrogen and oxygen atoms in total. The maximum atomic E-state index is 13.6. The van der Waals surface area contributed by atoms with E-state index >= 15 is 0 Å². The Hall–Kier alpha value is -3.54. The quantitative estimate of drug-likeness (QED) is 0.735. The van der Waals surface area contributed by atoms with Crippen LogP contribution in [0.25, 0.3) is 5.69 Å². The largest absolute Gasteiger partial charge is 0.262 e. The zero-order valence-corrected chi connectivity index (χ0v) is 13.2. The summed E-state index contributed by atoms with van der Waals surface area (Å²) in [6.07, 6.45) is 8.79. The number of allylic oxidation sites excluding steroid dienone is 2. The Labute approximate surface area is 144 Å². The normalized spacial score (nSPS) is 13.9. The lowest BCUT2D eigenvalue weighted by molar-refractivity contribution is 0.625. The van der Waals surface area contributed by atoms with E-state index in [9.17, 15) is 4.39 Å². The van der Waals surface area contributed by atoms with Gasteiger partial charge in [0, 0.05) is 12.4 Å². The standard InChI is InChI=1S/C19H14FN5/c1-14-8-11-24(17-6-3-9-21-13-17)23-19(14)18-7-10-22-25(18)16-5-2-4-15(20)12-16/h2-13H,1H2. The molecule has 1 aliphatic heterocycles. The first-order valence-corrected chi connectivity index (χ1v) is 7.68. The van der Waals surface area contributed by atoms with Crippen molar-refractivity contribution in [3.05, 3.63) is 97.0 Å². The van der Waals surface area contributed by atoms with Crippen molar-refractivity contribution in [2.24, 2.45) is 5.10 Å². The average Bonchev–Trinajstić information content (AvgIpc) is 3.12. The highest BCUT2D eigenvalue weighted by Crippen LogP contribution is 2.22. The first-order chi connectivity index (χ1) is 12.2. The van der Waals surface area contributed by atoms with Crippen LogP contribution in [0.15, 0.2) is 90.6 Å². The third kappa shape index (κ3) is 2.85. The highest BCUT2D eigenvalue weighted by molar-refractivity contribution is 6.14. The third-order valence-electron chi connectivity index (χ3n) is 3.78. The molecule has 6 heteroatoms. The Bertz CT molecular complexity index is 988. The van der Waals surface area contributed by atoms with Gasteiger partial charge in [0.15, 0.2) is 0 Å². The van der Waals surface area contributed by atoms with Gasteiger partial charge >= 0.3 is 0 Å². The van der Waals surface area contributed by atoms with Crippen molar-refractivity contribution in [3.63, 3.8) is 0 Å². The summed E-state index contributed by atoms with van der Waals surface area (Å²) in [7, 11) is 0. The molecular formula is C19H14FN5. The molecule has 3 aromatic rings. The van der Waals surface area contributed by atoms with E-state index in [0.29, 0.717) is 11.4 Å². The zero-order chi connectivity index (χ0) is 17.2. The van der Waals surface area contributed by atoms with Crippen LogP contribution in [0.3, 0.4) is 0 Å². The summed E-state index contributed by atoms with van der Waals surface area (Å²) in [5.74, 6) is -0.319. The Morgan fingerprint density at radius 2 is 1.88 bits per heavy atom. The molecule has 0 saturated heterocycles. The van der Waals surface area contributed by atoms with E-state index in [0.717, 1.165) is 17.0 Å². The Morgan fingerprint density at radius 1 is 1.00 bits per heavy atom. The van der Waals surface area contributed by atoms with E-state index in [1.54, 1.807) is 40.4 Å². The van der Waals surface area contributed by atoms with Gasteiger partial charge in [-0.15, -0.1) is 0 Å². The molecule has 0 bridgehead atoms. The monoisotopic (exact) mass is 331 g/mol. The Balaban J connectivity index is 1.78. The molecular weight excluding hydrogens is 317 g/mol. The van der Waals surface area contributed by atoms with Gasteiger partial charge in [0.25, 0.3) is 0 Å². The summed E-state index contributed by atoms with van der Waals surface area (Å²) in [5.41, 5.74) is 3.60. The number of halogens is 1. The molecule has 0 unspecified atom stereocenters. The predicted octanol–water partition coefficient (Wildman–Crippen LogP) is 3.70.